The second-order valence-corrected chi connectivity index (χ2v) is 8.95. The van der Waals surface area contributed by atoms with Crippen LogP contribution >= 0.6 is 23.4 Å². The quantitative estimate of drug-likeness (QED) is 0.197. The summed E-state index contributed by atoms with van der Waals surface area (Å²) >= 11 is 7.13. The number of allylic oxidation sites excluding steroid dienone is 3. The maximum atomic E-state index is 13.6. The number of alkyl halides is 3. The van der Waals surface area contributed by atoms with Gasteiger partial charge in [0.15, 0.2) is 0 Å². The molecule has 0 aliphatic rings. The summed E-state index contributed by atoms with van der Waals surface area (Å²) in [6.07, 6.45) is 0.385. The lowest BCUT2D eigenvalue weighted by Gasteiger charge is -2.16. The van der Waals surface area contributed by atoms with Gasteiger partial charge < -0.3 is 10.1 Å². The first-order valence-electron chi connectivity index (χ1n) is 8.60. The van der Waals surface area contributed by atoms with Crippen molar-refractivity contribution in [3.63, 3.8) is 0 Å². The van der Waals surface area contributed by atoms with Gasteiger partial charge in [0, 0.05) is 22.9 Å². The van der Waals surface area contributed by atoms with Crippen LogP contribution in [-0.4, -0.2) is 20.9 Å². The molecular weight excluding hydrogens is 473 g/mol. The highest BCUT2D eigenvalue weighted by atomic mass is 35.5. The third-order valence-corrected chi connectivity index (χ3v) is 6.20. The van der Waals surface area contributed by atoms with Gasteiger partial charge in [0.2, 0.25) is 0 Å². The zero-order valence-corrected chi connectivity index (χ0v) is 18.7. The van der Waals surface area contributed by atoms with E-state index in [0.29, 0.717) is 6.07 Å². The van der Waals surface area contributed by atoms with Crippen LogP contribution in [0.25, 0.3) is 0 Å². The molecular formula is C20H18ClF3N2O3S2. The van der Waals surface area contributed by atoms with Crippen molar-refractivity contribution in [1.29, 1.82) is 5.41 Å². The normalized spacial score (nSPS) is 13.1. The Labute approximate surface area is 187 Å². The molecule has 0 heterocycles. The lowest BCUT2D eigenvalue weighted by Crippen LogP contribution is -2.14. The summed E-state index contributed by atoms with van der Waals surface area (Å²) in [6.45, 7) is 1.53. The molecule has 0 unspecified atom stereocenters. The van der Waals surface area contributed by atoms with Crippen LogP contribution in [0.2, 0.25) is 0 Å². The van der Waals surface area contributed by atoms with Crippen LogP contribution in [0, 0.1) is 5.41 Å². The van der Waals surface area contributed by atoms with Crippen molar-refractivity contribution in [2.75, 3.05) is 11.0 Å². The van der Waals surface area contributed by atoms with Crippen molar-refractivity contribution in [1.82, 2.24) is 0 Å². The number of hydrogen-bond donors (Lipinski definition) is 2. The first-order chi connectivity index (χ1) is 14.5. The standard InChI is InChI=1S/C20H18ClF3N2O3S2/c1-3-15(10-13(21)12-25)29-19-9-4-14(11-18(19)20(22,23)24)26-31(27,28)17-7-5-16(30-2)6-8-17/h3-12,25-26H,1-2H3/b13-10+,15-3+,25-12?. The molecule has 0 bridgehead atoms. The zero-order chi connectivity index (χ0) is 23.2. The summed E-state index contributed by atoms with van der Waals surface area (Å²) < 4.78 is 73.3. The highest BCUT2D eigenvalue weighted by Crippen LogP contribution is 2.39. The second-order valence-electron chi connectivity index (χ2n) is 5.96. The van der Waals surface area contributed by atoms with Gasteiger partial charge in [-0.25, -0.2) is 8.42 Å². The van der Waals surface area contributed by atoms with Gasteiger partial charge in [-0.05, 0) is 61.7 Å². The molecule has 0 spiro atoms. The first kappa shape index (κ1) is 24.8. The Hall–Kier alpha value is -2.43. The SMILES string of the molecule is C/C=C(\C=C(\Cl)C=N)Oc1ccc(NS(=O)(=O)c2ccc(SC)cc2)cc1C(F)(F)F. The fourth-order valence-corrected chi connectivity index (χ4v) is 3.91. The van der Waals surface area contributed by atoms with Crippen LogP contribution in [0.3, 0.4) is 0 Å². The van der Waals surface area contributed by atoms with Crippen LogP contribution in [0.4, 0.5) is 18.9 Å². The summed E-state index contributed by atoms with van der Waals surface area (Å²) in [4.78, 5) is 0.763. The lowest BCUT2D eigenvalue weighted by molar-refractivity contribution is -0.138. The van der Waals surface area contributed by atoms with E-state index in [1.54, 1.807) is 12.1 Å². The molecule has 31 heavy (non-hydrogen) atoms. The lowest BCUT2D eigenvalue weighted by atomic mass is 10.1. The molecule has 5 nitrogen and oxygen atoms in total. The van der Waals surface area contributed by atoms with Crippen LogP contribution in [0.1, 0.15) is 12.5 Å². The number of thioether (sulfide) groups is 1. The van der Waals surface area contributed by atoms with Gasteiger partial charge in [0.1, 0.15) is 17.1 Å². The molecule has 0 radical (unpaired) electrons. The predicted molar refractivity (Wildman–Crippen MR) is 118 cm³/mol. The van der Waals surface area contributed by atoms with Gasteiger partial charge in [0.05, 0.1) is 9.93 Å². The molecule has 0 saturated heterocycles. The number of rotatable bonds is 8. The Bertz CT molecular complexity index is 1110. The van der Waals surface area contributed by atoms with Crippen LogP contribution in [0.5, 0.6) is 5.75 Å². The van der Waals surface area contributed by atoms with Crippen molar-refractivity contribution in [2.45, 2.75) is 22.9 Å². The average Bonchev–Trinajstić information content (AvgIpc) is 2.73. The molecule has 0 aliphatic heterocycles. The van der Waals surface area contributed by atoms with Gasteiger partial charge in [-0.2, -0.15) is 13.2 Å². The number of halogens is 4. The summed E-state index contributed by atoms with van der Waals surface area (Å²) in [5.74, 6) is -0.556. The van der Waals surface area contributed by atoms with E-state index in [1.165, 1.54) is 43.0 Å². The highest BCUT2D eigenvalue weighted by Gasteiger charge is 2.35. The summed E-state index contributed by atoms with van der Waals surface area (Å²) in [6, 6.07) is 8.76. The zero-order valence-electron chi connectivity index (χ0n) is 16.3. The molecule has 166 valence electrons. The molecule has 0 aliphatic carbocycles. The Morgan fingerprint density at radius 2 is 1.84 bits per heavy atom. The minimum Gasteiger partial charge on any atom is -0.457 e. The van der Waals surface area contributed by atoms with Gasteiger partial charge in [0.25, 0.3) is 10.0 Å². The molecule has 0 atom stereocenters. The Morgan fingerprint density at radius 3 is 2.35 bits per heavy atom. The van der Waals surface area contributed by atoms with E-state index in [9.17, 15) is 21.6 Å². The number of sulfonamides is 1. The van der Waals surface area contributed by atoms with Crippen molar-refractivity contribution in [3.05, 3.63) is 71.0 Å². The highest BCUT2D eigenvalue weighted by molar-refractivity contribution is 7.98. The van der Waals surface area contributed by atoms with Crippen LogP contribution in [0.15, 0.2) is 75.2 Å². The molecule has 2 N–H and O–H groups in total. The first-order valence-corrected chi connectivity index (χ1v) is 11.7. The smallest absolute Gasteiger partial charge is 0.420 e. The third-order valence-electron chi connectivity index (χ3n) is 3.84. The van der Waals surface area contributed by atoms with E-state index in [2.05, 4.69) is 4.72 Å². The number of benzene rings is 2. The van der Waals surface area contributed by atoms with Crippen LogP contribution < -0.4 is 9.46 Å². The van der Waals surface area contributed by atoms with E-state index >= 15 is 0 Å². The Kier molecular flexibility index (Phi) is 8.21. The van der Waals surface area contributed by atoms with Gasteiger partial charge in [-0.3, -0.25) is 4.72 Å². The predicted octanol–water partition coefficient (Wildman–Crippen LogP) is 6.28. The van der Waals surface area contributed by atoms with Gasteiger partial charge >= 0.3 is 6.18 Å². The molecule has 0 aromatic heterocycles. The molecule has 0 amide bonds. The van der Waals surface area contributed by atoms with Gasteiger partial charge in [-0.15, -0.1) is 11.8 Å². The monoisotopic (exact) mass is 490 g/mol. The maximum Gasteiger partial charge on any atom is 0.420 e. The summed E-state index contributed by atoms with van der Waals surface area (Å²) in [5, 5.41) is 7.01. The molecule has 11 heteroatoms. The van der Waals surface area contributed by atoms with E-state index in [-0.39, 0.29) is 21.4 Å². The Morgan fingerprint density at radius 1 is 1.19 bits per heavy atom. The van der Waals surface area contributed by atoms with Crippen molar-refractivity contribution >= 4 is 45.3 Å². The molecule has 0 fully saturated rings. The topological polar surface area (TPSA) is 79.2 Å². The number of anilines is 1. The molecule has 0 saturated carbocycles. The summed E-state index contributed by atoms with van der Waals surface area (Å²) in [7, 11) is -4.09. The van der Waals surface area contributed by atoms with E-state index < -0.39 is 27.5 Å². The number of nitrogens with one attached hydrogen (secondary N) is 2. The fraction of sp³-hybridized carbons (Fsp3) is 0.150. The maximum absolute atomic E-state index is 13.6. The summed E-state index contributed by atoms with van der Waals surface area (Å²) in [5.41, 5.74) is -1.45. The molecule has 2 aromatic carbocycles. The van der Waals surface area contributed by atoms with Gasteiger partial charge in [-0.1, -0.05) is 11.6 Å². The molecule has 2 aromatic rings. The van der Waals surface area contributed by atoms with Crippen LogP contribution in [-0.2, 0) is 16.2 Å². The van der Waals surface area contributed by atoms with E-state index in [0.717, 1.165) is 23.2 Å². The number of ether oxygens (including phenoxy) is 1. The fourth-order valence-electron chi connectivity index (χ4n) is 2.35. The van der Waals surface area contributed by atoms with E-state index in [1.807, 2.05) is 6.26 Å². The Balaban J connectivity index is 2.39. The average molecular weight is 491 g/mol. The van der Waals surface area contributed by atoms with E-state index in [4.69, 9.17) is 21.7 Å². The minimum absolute atomic E-state index is 0.0128. The third kappa shape index (κ3) is 6.78. The minimum atomic E-state index is -4.81. The van der Waals surface area contributed by atoms with Crippen molar-refractivity contribution < 1.29 is 26.3 Å². The molecule has 2 rings (SSSR count). The largest absolute Gasteiger partial charge is 0.457 e. The number of hydrogen-bond acceptors (Lipinski definition) is 5. The van der Waals surface area contributed by atoms with Crippen molar-refractivity contribution in [2.24, 2.45) is 0 Å². The van der Waals surface area contributed by atoms with Crippen molar-refractivity contribution in [3.8, 4) is 5.75 Å². The second kappa shape index (κ2) is 10.3.